The summed E-state index contributed by atoms with van der Waals surface area (Å²) in [5.74, 6) is -0.215. The minimum atomic E-state index is -0.470. The smallest absolute Gasteiger partial charge is 0.293 e. The number of rotatable bonds is 7. The van der Waals surface area contributed by atoms with Crippen molar-refractivity contribution in [1.29, 1.82) is 0 Å². The second-order valence-corrected chi connectivity index (χ2v) is 5.32. The summed E-state index contributed by atoms with van der Waals surface area (Å²) in [4.78, 5) is 25.1. The van der Waals surface area contributed by atoms with E-state index in [9.17, 15) is 14.9 Å². The molecule has 0 aliphatic rings. The third kappa shape index (κ3) is 4.10. The second kappa shape index (κ2) is 8.10. The Hall–Kier alpha value is -2.89. The number of nitro benzene ring substituents is 1. The third-order valence-electron chi connectivity index (χ3n) is 3.69. The molecule has 0 heterocycles. The van der Waals surface area contributed by atoms with Gasteiger partial charge in [0, 0.05) is 31.3 Å². The molecule has 2 aromatic rings. The Morgan fingerprint density at radius 1 is 1.17 bits per heavy atom. The SMILES string of the molecule is CCNc1ccc(C(=O)N(CC)Cc2ccccc2)cc1[N+](=O)[O-]. The normalized spacial score (nSPS) is 10.2. The van der Waals surface area contributed by atoms with Gasteiger partial charge >= 0.3 is 0 Å². The van der Waals surface area contributed by atoms with Crippen molar-refractivity contribution >= 4 is 17.3 Å². The number of carbonyl (C=O) groups excluding carboxylic acids is 1. The summed E-state index contributed by atoms with van der Waals surface area (Å²) >= 11 is 0. The van der Waals surface area contributed by atoms with Crippen molar-refractivity contribution in [3.05, 3.63) is 69.8 Å². The second-order valence-electron chi connectivity index (χ2n) is 5.32. The summed E-state index contributed by atoms with van der Waals surface area (Å²) in [6.07, 6.45) is 0. The summed E-state index contributed by atoms with van der Waals surface area (Å²) in [5.41, 5.74) is 1.68. The molecule has 0 radical (unpaired) electrons. The highest BCUT2D eigenvalue weighted by Gasteiger charge is 2.20. The van der Waals surface area contributed by atoms with Gasteiger partial charge in [-0.05, 0) is 31.5 Å². The number of hydrogen-bond acceptors (Lipinski definition) is 4. The summed E-state index contributed by atoms with van der Waals surface area (Å²) < 4.78 is 0. The van der Waals surface area contributed by atoms with Crippen molar-refractivity contribution in [2.24, 2.45) is 0 Å². The molecule has 0 atom stereocenters. The van der Waals surface area contributed by atoms with Crippen molar-refractivity contribution < 1.29 is 9.72 Å². The van der Waals surface area contributed by atoms with Gasteiger partial charge in [-0.3, -0.25) is 14.9 Å². The van der Waals surface area contributed by atoms with E-state index in [1.807, 2.05) is 44.2 Å². The lowest BCUT2D eigenvalue weighted by atomic mass is 10.1. The van der Waals surface area contributed by atoms with E-state index in [1.54, 1.807) is 17.0 Å². The van der Waals surface area contributed by atoms with Crippen molar-refractivity contribution in [1.82, 2.24) is 4.90 Å². The topological polar surface area (TPSA) is 75.5 Å². The molecule has 1 amide bonds. The molecule has 0 unspecified atom stereocenters. The van der Waals surface area contributed by atoms with E-state index in [0.29, 0.717) is 30.9 Å². The number of benzene rings is 2. The van der Waals surface area contributed by atoms with Gasteiger partial charge in [-0.25, -0.2) is 0 Å². The first-order chi connectivity index (χ1) is 11.6. The Kier molecular flexibility index (Phi) is 5.89. The van der Waals surface area contributed by atoms with Crippen LogP contribution in [0.4, 0.5) is 11.4 Å². The molecule has 126 valence electrons. The number of nitrogens with one attached hydrogen (secondary N) is 1. The molecular formula is C18H21N3O3. The van der Waals surface area contributed by atoms with Crippen LogP contribution in [0.25, 0.3) is 0 Å². The van der Waals surface area contributed by atoms with Crippen LogP contribution in [-0.4, -0.2) is 28.8 Å². The molecular weight excluding hydrogens is 306 g/mol. The minimum absolute atomic E-state index is 0.0848. The lowest BCUT2D eigenvalue weighted by Crippen LogP contribution is -2.30. The van der Waals surface area contributed by atoms with Crippen LogP contribution in [0.2, 0.25) is 0 Å². The molecule has 0 spiro atoms. The van der Waals surface area contributed by atoms with E-state index in [1.165, 1.54) is 6.07 Å². The van der Waals surface area contributed by atoms with Crippen LogP contribution in [-0.2, 0) is 6.54 Å². The zero-order valence-corrected chi connectivity index (χ0v) is 13.9. The van der Waals surface area contributed by atoms with Crippen LogP contribution >= 0.6 is 0 Å². The maximum atomic E-state index is 12.7. The molecule has 0 aromatic heterocycles. The van der Waals surface area contributed by atoms with Gasteiger partial charge in [0.25, 0.3) is 11.6 Å². The first-order valence-corrected chi connectivity index (χ1v) is 7.92. The standard InChI is InChI=1S/C18H21N3O3/c1-3-19-16-11-10-15(12-17(16)21(23)24)18(22)20(4-2)13-14-8-6-5-7-9-14/h5-12,19H,3-4,13H2,1-2H3. The maximum Gasteiger partial charge on any atom is 0.293 e. The van der Waals surface area contributed by atoms with E-state index in [0.717, 1.165) is 5.56 Å². The summed E-state index contributed by atoms with van der Waals surface area (Å²) in [5, 5.41) is 14.2. The molecule has 0 bridgehead atoms. The highest BCUT2D eigenvalue weighted by Crippen LogP contribution is 2.26. The van der Waals surface area contributed by atoms with E-state index in [-0.39, 0.29) is 11.6 Å². The number of nitro groups is 1. The molecule has 0 aliphatic heterocycles. The fraction of sp³-hybridized carbons (Fsp3) is 0.278. The number of anilines is 1. The summed E-state index contributed by atoms with van der Waals surface area (Å²) in [6, 6.07) is 14.2. The number of carbonyl (C=O) groups is 1. The Bertz CT molecular complexity index is 717. The van der Waals surface area contributed by atoms with Crippen molar-refractivity contribution in [2.45, 2.75) is 20.4 Å². The lowest BCUT2D eigenvalue weighted by Gasteiger charge is -2.21. The van der Waals surface area contributed by atoms with Gasteiger partial charge < -0.3 is 10.2 Å². The monoisotopic (exact) mass is 327 g/mol. The van der Waals surface area contributed by atoms with Gasteiger partial charge in [-0.15, -0.1) is 0 Å². The largest absolute Gasteiger partial charge is 0.380 e. The zero-order valence-electron chi connectivity index (χ0n) is 13.9. The van der Waals surface area contributed by atoms with Crippen LogP contribution in [0.1, 0.15) is 29.8 Å². The molecule has 0 aliphatic carbocycles. The van der Waals surface area contributed by atoms with Gasteiger partial charge in [0.2, 0.25) is 0 Å². The van der Waals surface area contributed by atoms with Crippen LogP contribution < -0.4 is 5.32 Å². The number of hydrogen-bond donors (Lipinski definition) is 1. The molecule has 6 heteroatoms. The molecule has 0 saturated heterocycles. The molecule has 2 rings (SSSR count). The van der Waals surface area contributed by atoms with Gasteiger partial charge in [0.05, 0.1) is 4.92 Å². The molecule has 24 heavy (non-hydrogen) atoms. The van der Waals surface area contributed by atoms with Crippen LogP contribution in [0.3, 0.4) is 0 Å². The number of amides is 1. The van der Waals surface area contributed by atoms with Crippen molar-refractivity contribution in [2.75, 3.05) is 18.4 Å². The zero-order chi connectivity index (χ0) is 17.5. The minimum Gasteiger partial charge on any atom is -0.380 e. The third-order valence-corrected chi connectivity index (χ3v) is 3.69. The summed E-state index contributed by atoms with van der Waals surface area (Å²) in [7, 11) is 0. The predicted molar refractivity (Wildman–Crippen MR) is 94.1 cm³/mol. The molecule has 6 nitrogen and oxygen atoms in total. The maximum absolute atomic E-state index is 12.7. The van der Waals surface area contributed by atoms with Gasteiger partial charge in [0.15, 0.2) is 0 Å². The summed E-state index contributed by atoms with van der Waals surface area (Å²) in [6.45, 7) is 5.32. The molecule has 1 N–H and O–H groups in total. The van der Waals surface area contributed by atoms with Gasteiger partial charge in [-0.2, -0.15) is 0 Å². The highest BCUT2D eigenvalue weighted by atomic mass is 16.6. The molecule has 0 fully saturated rings. The lowest BCUT2D eigenvalue weighted by molar-refractivity contribution is -0.384. The molecule has 2 aromatic carbocycles. The van der Waals surface area contributed by atoms with E-state index in [4.69, 9.17) is 0 Å². The van der Waals surface area contributed by atoms with Crippen LogP contribution in [0, 0.1) is 10.1 Å². The van der Waals surface area contributed by atoms with E-state index < -0.39 is 4.92 Å². The Labute approximate surface area is 141 Å². The first-order valence-electron chi connectivity index (χ1n) is 7.92. The van der Waals surface area contributed by atoms with Gasteiger partial charge in [0.1, 0.15) is 5.69 Å². The first kappa shape index (κ1) is 17.5. The van der Waals surface area contributed by atoms with Crippen LogP contribution in [0.15, 0.2) is 48.5 Å². The predicted octanol–water partition coefficient (Wildman–Crippen LogP) is 3.69. The van der Waals surface area contributed by atoms with Crippen LogP contribution in [0.5, 0.6) is 0 Å². The van der Waals surface area contributed by atoms with Crippen molar-refractivity contribution in [3.8, 4) is 0 Å². The average molecular weight is 327 g/mol. The molecule has 0 saturated carbocycles. The van der Waals surface area contributed by atoms with E-state index >= 15 is 0 Å². The Morgan fingerprint density at radius 2 is 1.88 bits per heavy atom. The Balaban J connectivity index is 2.26. The Morgan fingerprint density at radius 3 is 2.46 bits per heavy atom. The fourth-order valence-electron chi connectivity index (χ4n) is 2.47. The number of nitrogens with zero attached hydrogens (tertiary/aromatic N) is 2. The quantitative estimate of drug-likeness (QED) is 0.621. The highest BCUT2D eigenvalue weighted by molar-refractivity contribution is 5.95. The van der Waals surface area contributed by atoms with E-state index in [2.05, 4.69) is 5.32 Å². The fourth-order valence-corrected chi connectivity index (χ4v) is 2.47. The van der Waals surface area contributed by atoms with Gasteiger partial charge in [-0.1, -0.05) is 30.3 Å². The van der Waals surface area contributed by atoms with Crippen molar-refractivity contribution in [3.63, 3.8) is 0 Å². The average Bonchev–Trinajstić information content (AvgIpc) is 2.60.